The number of piperidine rings is 1. The number of carbonyl (C=O) groups is 1. The monoisotopic (exact) mass is 222 g/mol. The summed E-state index contributed by atoms with van der Waals surface area (Å²) in [5.41, 5.74) is 1.36. The summed E-state index contributed by atoms with van der Waals surface area (Å²) in [5, 5.41) is 15.8. The van der Waals surface area contributed by atoms with Crippen LogP contribution in [0.1, 0.15) is 23.2 Å². The lowest BCUT2D eigenvalue weighted by Gasteiger charge is -2.26. The molecule has 6 nitrogen and oxygen atoms in total. The first kappa shape index (κ1) is 10.7. The summed E-state index contributed by atoms with van der Waals surface area (Å²) in [6, 6.07) is 0. The van der Waals surface area contributed by atoms with Gasteiger partial charge in [0.25, 0.3) is 5.91 Å². The molecule has 1 aliphatic rings. The number of aryl methyl sites for hydroxylation is 1. The second kappa shape index (κ2) is 4.34. The minimum absolute atomic E-state index is 0.00918. The largest absolute Gasteiger partial charge is 0.411 e. The van der Waals surface area contributed by atoms with Crippen molar-refractivity contribution in [3.05, 3.63) is 18.0 Å². The summed E-state index contributed by atoms with van der Waals surface area (Å²) >= 11 is 0. The van der Waals surface area contributed by atoms with Crippen molar-refractivity contribution in [3.63, 3.8) is 0 Å². The fourth-order valence-electron chi connectivity index (χ4n) is 1.78. The molecule has 2 rings (SSSR count). The first-order valence-electron chi connectivity index (χ1n) is 5.18. The zero-order chi connectivity index (χ0) is 11.5. The Balaban J connectivity index is 2.02. The summed E-state index contributed by atoms with van der Waals surface area (Å²) in [4.78, 5) is 13.7. The quantitative estimate of drug-likeness (QED) is 0.555. The molecule has 1 aromatic heterocycles. The molecule has 1 fully saturated rings. The number of carbonyl (C=O) groups excluding carboxylic acids is 1. The maximum absolute atomic E-state index is 12.0. The van der Waals surface area contributed by atoms with Gasteiger partial charge in [-0.05, 0) is 0 Å². The Morgan fingerprint density at radius 1 is 1.50 bits per heavy atom. The van der Waals surface area contributed by atoms with Gasteiger partial charge in [-0.1, -0.05) is 5.16 Å². The van der Waals surface area contributed by atoms with Gasteiger partial charge >= 0.3 is 0 Å². The molecule has 1 saturated heterocycles. The molecule has 0 saturated carbocycles. The molecule has 0 bridgehead atoms. The Kier molecular flexibility index (Phi) is 2.89. The Labute approximate surface area is 93.2 Å². The smallest absolute Gasteiger partial charge is 0.257 e. The average Bonchev–Trinajstić information content (AvgIpc) is 2.75. The number of aromatic nitrogens is 2. The molecule has 0 spiro atoms. The number of oxime groups is 1. The van der Waals surface area contributed by atoms with E-state index in [1.807, 2.05) is 0 Å². The van der Waals surface area contributed by atoms with Gasteiger partial charge in [-0.2, -0.15) is 5.10 Å². The highest BCUT2D eigenvalue weighted by atomic mass is 16.4. The first-order chi connectivity index (χ1) is 7.70. The van der Waals surface area contributed by atoms with Crippen molar-refractivity contribution in [3.8, 4) is 0 Å². The van der Waals surface area contributed by atoms with Crippen LogP contribution < -0.4 is 0 Å². The summed E-state index contributed by atoms with van der Waals surface area (Å²) in [6.07, 6.45) is 4.56. The van der Waals surface area contributed by atoms with E-state index in [0.29, 0.717) is 31.5 Å². The third kappa shape index (κ3) is 2.05. The first-order valence-corrected chi connectivity index (χ1v) is 5.18. The molecule has 0 atom stereocenters. The van der Waals surface area contributed by atoms with Crippen LogP contribution in [0.25, 0.3) is 0 Å². The van der Waals surface area contributed by atoms with E-state index in [1.54, 1.807) is 29.0 Å². The number of nitrogens with zero attached hydrogens (tertiary/aromatic N) is 4. The maximum atomic E-state index is 12.0. The Bertz CT molecular complexity index is 414. The predicted molar refractivity (Wildman–Crippen MR) is 57.6 cm³/mol. The van der Waals surface area contributed by atoms with E-state index in [-0.39, 0.29) is 5.91 Å². The fraction of sp³-hybridized carbons (Fsp3) is 0.500. The van der Waals surface area contributed by atoms with Gasteiger partial charge in [0.05, 0.1) is 17.5 Å². The molecule has 6 heteroatoms. The lowest BCUT2D eigenvalue weighted by atomic mass is 10.1. The van der Waals surface area contributed by atoms with Crippen molar-refractivity contribution in [2.45, 2.75) is 12.8 Å². The number of hydrogen-bond donors (Lipinski definition) is 1. The van der Waals surface area contributed by atoms with Crippen molar-refractivity contribution < 1.29 is 10.0 Å². The SMILES string of the molecule is Cn1cc(C(=O)N2CCC(=NO)CC2)cn1. The van der Waals surface area contributed by atoms with Gasteiger partial charge in [-0.15, -0.1) is 0 Å². The molecule has 0 aliphatic carbocycles. The zero-order valence-electron chi connectivity index (χ0n) is 9.13. The predicted octanol–water partition coefficient (Wildman–Crippen LogP) is 0.486. The topological polar surface area (TPSA) is 70.7 Å². The van der Waals surface area contributed by atoms with Gasteiger partial charge in [-0.3, -0.25) is 9.48 Å². The minimum Gasteiger partial charge on any atom is -0.411 e. The van der Waals surface area contributed by atoms with Crippen LogP contribution in [0.15, 0.2) is 17.5 Å². The van der Waals surface area contributed by atoms with E-state index in [9.17, 15) is 4.79 Å². The molecule has 1 aliphatic heterocycles. The van der Waals surface area contributed by atoms with Gasteiger partial charge in [0.2, 0.25) is 0 Å². The molecule has 0 unspecified atom stereocenters. The summed E-state index contributed by atoms with van der Waals surface area (Å²) in [7, 11) is 1.78. The van der Waals surface area contributed by atoms with E-state index < -0.39 is 0 Å². The lowest BCUT2D eigenvalue weighted by Crippen LogP contribution is -2.38. The van der Waals surface area contributed by atoms with Crippen LogP contribution in [0.5, 0.6) is 0 Å². The third-order valence-corrected chi connectivity index (χ3v) is 2.72. The standard InChI is InChI=1S/C10H14N4O2/c1-13-7-8(6-11-13)10(15)14-4-2-9(12-16)3-5-14/h6-7,16H,2-5H2,1H3. The van der Waals surface area contributed by atoms with E-state index in [2.05, 4.69) is 10.3 Å². The van der Waals surface area contributed by atoms with Gasteiger partial charge < -0.3 is 10.1 Å². The van der Waals surface area contributed by atoms with Gasteiger partial charge in [0, 0.05) is 39.2 Å². The van der Waals surface area contributed by atoms with Crippen molar-refractivity contribution in [1.29, 1.82) is 0 Å². The number of rotatable bonds is 1. The van der Waals surface area contributed by atoms with E-state index in [4.69, 9.17) is 5.21 Å². The highest BCUT2D eigenvalue weighted by molar-refractivity contribution is 5.95. The molecular formula is C10H14N4O2. The molecule has 86 valence electrons. The van der Waals surface area contributed by atoms with E-state index >= 15 is 0 Å². The molecular weight excluding hydrogens is 208 g/mol. The minimum atomic E-state index is -0.00918. The van der Waals surface area contributed by atoms with Crippen LogP contribution in [0.2, 0.25) is 0 Å². The fourth-order valence-corrected chi connectivity index (χ4v) is 1.78. The Morgan fingerprint density at radius 3 is 2.69 bits per heavy atom. The molecule has 16 heavy (non-hydrogen) atoms. The molecule has 0 radical (unpaired) electrons. The van der Waals surface area contributed by atoms with Crippen molar-refractivity contribution in [1.82, 2.24) is 14.7 Å². The second-order valence-electron chi connectivity index (χ2n) is 3.86. The average molecular weight is 222 g/mol. The summed E-state index contributed by atoms with van der Waals surface area (Å²) < 4.78 is 1.61. The number of hydrogen-bond acceptors (Lipinski definition) is 4. The van der Waals surface area contributed by atoms with E-state index in [1.165, 1.54) is 0 Å². The van der Waals surface area contributed by atoms with Crippen LogP contribution in [0.3, 0.4) is 0 Å². The molecule has 0 aromatic carbocycles. The number of likely N-dealkylation sites (tertiary alicyclic amines) is 1. The normalized spacial score (nSPS) is 16.3. The van der Waals surface area contributed by atoms with Gasteiger partial charge in [0.15, 0.2) is 0 Å². The highest BCUT2D eigenvalue weighted by Gasteiger charge is 2.21. The van der Waals surface area contributed by atoms with Crippen molar-refractivity contribution >= 4 is 11.6 Å². The van der Waals surface area contributed by atoms with Crippen molar-refractivity contribution in [2.24, 2.45) is 12.2 Å². The lowest BCUT2D eigenvalue weighted by molar-refractivity contribution is 0.0753. The highest BCUT2D eigenvalue weighted by Crippen LogP contribution is 2.11. The molecule has 1 amide bonds. The van der Waals surface area contributed by atoms with E-state index in [0.717, 1.165) is 5.71 Å². The van der Waals surface area contributed by atoms with Crippen LogP contribution in [0, 0.1) is 0 Å². The Morgan fingerprint density at radius 2 is 2.19 bits per heavy atom. The summed E-state index contributed by atoms with van der Waals surface area (Å²) in [6.45, 7) is 1.21. The van der Waals surface area contributed by atoms with Crippen LogP contribution in [0.4, 0.5) is 0 Å². The molecule has 2 heterocycles. The van der Waals surface area contributed by atoms with Crippen LogP contribution >= 0.6 is 0 Å². The second-order valence-corrected chi connectivity index (χ2v) is 3.86. The van der Waals surface area contributed by atoms with Crippen LogP contribution in [-0.2, 0) is 7.05 Å². The molecule has 1 aromatic rings. The third-order valence-electron chi connectivity index (χ3n) is 2.72. The Hall–Kier alpha value is -1.85. The van der Waals surface area contributed by atoms with Crippen molar-refractivity contribution in [2.75, 3.05) is 13.1 Å². The number of amides is 1. The maximum Gasteiger partial charge on any atom is 0.257 e. The zero-order valence-corrected chi connectivity index (χ0v) is 9.13. The summed E-state index contributed by atoms with van der Waals surface area (Å²) in [5.74, 6) is -0.00918. The van der Waals surface area contributed by atoms with Gasteiger partial charge in [-0.25, -0.2) is 0 Å². The van der Waals surface area contributed by atoms with Gasteiger partial charge in [0.1, 0.15) is 0 Å². The van der Waals surface area contributed by atoms with Crippen LogP contribution in [-0.4, -0.2) is 44.6 Å². The molecule has 1 N–H and O–H groups in total.